The summed E-state index contributed by atoms with van der Waals surface area (Å²) < 4.78 is 0. The van der Waals surface area contributed by atoms with E-state index in [0.717, 1.165) is 6.92 Å². The summed E-state index contributed by atoms with van der Waals surface area (Å²) in [6.07, 6.45) is -0.682. The molecule has 0 fully saturated rings. The molecule has 1 aromatic rings. The number of ketones is 1. The molecule has 0 aliphatic rings. The van der Waals surface area contributed by atoms with Crippen LogP contribution in [0.15, 0.2) is 18.2 Å². The van der Waals surface area contributed by atoms with Gasteiger partial charge in [0.15, 0.2) is 11.5 Å². The van der Waals surface area contributed by atoms with Crippen molar-refractivity contribution in [2.24, 2.45) is 0 Å². The second kappa shape index (κ2) is 13.6. The molecule has 0 heterocycles. The molecule has 0 aliphatic heterocycles. The Bertz CT molecular complexity index is 492. The average molecular weight is 360 g/mol. The summed E-state index contributed by atoms with van der Waals surface area (Å²) >= 11 is 0. The smallest absolute Gasteiger partial charge is 1.00 e. The molecular weight excluding hydrogens is 337 g/mol. The number of Topliss-reactive ketones (excluding diaryl/α,β-unsaturated/α-hetero) is 1. The van der Waals surface area contributed by atoms with Gasteiger partial charge in [0.1, 0.15) is 0 Å². The van der Waals surface area contributed by atoms with Crippen LogP contribution < -0.4 is 34.9 Å². The van der Waals surface area contributed by atoms with Gasteiger partial charge in [-0.2, -0.15) is 0 Å². The maximum Gasteiger partial charge on any atom is 1.00 e. The van der Waals surface area contributed by atoms with Gasteiger partial charge >= 0.3 is 35.5 Å². The van der Waals surface area contributed by atoms with E-state index in [-0.39, 0.29) is 54.9 Å². The number of carboxylic acid groups (broad SMARTS) is 1. The summed E-state index contributed by atoms with van der Waals surface area (Å²) in [6, 6.07) is 4.61. The van der Waals surface area contributed by atoms with E-state index in [4.69, 9.17) is 10.2 Å². The van der Waals surface area contributed by atoms with Crippen molar-refractivity contribution in [3.8, 4) is 11.5 Å². The van der Waals surface area contributed by atoms with Crippen molar-refractivity contribution in [3.63, 3.8) is 0 Å². The van der Waals surface area contributed by atoms with E-state index in [1.54, 1.807) is 6.07 Å². The second-order valence-corrected chi connectivity index (χ2v) is 4.69. The van der Waals surface area contributed by atoms with Crippen LogP contribution in [0.2, 0.25) is 0 Å². The number of carbonyl (C=O) groups excluding carboxylic acids is 1. The number of phenolic OH excluding ortho intramolecular Hbond substituents is 2. The van der Waals surface area contributed by atoms with Gasteiger partial charge < -0.3 is 27.2 Å². The Morgan fingerprint density at radius 3 is 2.04 bits per heavy atom. The molecule has 0 radical (unpaired) electrons. The van der Waals surface area contributed by atoms with Crippen molar-refractivity contribution < 1.29 is 61.0 Å². The summed E-state index contributed by atoms with van der Waals surface area (Å²) in [6.45, 7) is 5.40. The monoisotopic (exact) mass is 359 g/mol. The van der Waals surface area contributed by atoms with Gasteiger partial charge in [0.05, 0.1) is 6.10 Å². The van der Waals surface area contributed by atoms with Crippen molar-refractivity contribution in [3.05, 3.63) is 23.8 Å². The molecule has 0 aromatic heterocycles. The normalized spacial score (nSPS) is 10.5. The van der Waals surface area contributed by atoms with Gasteiger partial charge in [0, 0.05) is 19.5 Å². The van der Waals surface area contributed by atoms with Crippen LogP contribution in [0, 0.1) is 0 Å². The SMILES string of the molecule is CC(=O)C(=O)O.CC(C)NCC(O)c1ccc(O)c(O)c1.Cl.[H-].[Na+]. The number of aliphatic hydroxyl groups is 1. The van der Waals surface area contributed by atoms with Crippen molar-refractivity contribution in [2.75, 3.05) is 6.54 Å². The van der Waals surface area contributed by atoms with Crippen LogP contribution in [-0.4, -0.2) is 44.8 Å². The first-order valence-electron chi connectivity index (χ1n) is 6.32. The predicted octanol–water partition coefficient (Wildman–Crippen LogP) is -1.67. The minimum atomic E-state index is -1.38. The van der Waals surface area contributed by atoms with Crippen molar-refractivity contribution in [2.45, 2.75) is 32.9 Å². The molecule has 1 unspecified atom stereocenters. The van der Waals surface area contributed by atoms with Gasteiger partial charge in [-0.15, -0.1) is 12.4 Å². The molecule has 1 aromatic carbocycles. The second-order valence-electron chi connectivity index (χ2n) is 4.69. The zero-order valence-electron chi connectivity index (χ0n) is 14.6. The molecule has 5 N–H and O–H groups in total. The Kier molecular flexibility index (Phi) is 16.0. The molecule has 0 amide bonds. The summed E-state index contributed by atoms with van der Waals surface area (Å²) in [5, 5.41) is 38.8. The molecule has 1 rings (SSSR count). The molecule has 0 saturated carbocycles. The number of aromatic hydroxyl groups is 2. The predicted molar refractivity (Wildman–Crippen MR) is 84.5 cm³/mol. The number of hydrogen-bond acceptors (Lipinski definition) is 6. The van der Waals surface area contributed by atoms with Gasteiger partial charge in [0.2, 0.25) is 5.78 Å². The van der Waals surface area contributed by atoms with Crippen LogP contribution in [-0.2, 0) is 9.59 Å². The Hall–Kier alpha value is -0.830. The number of halogens is 1. The van der Waals surface area contributed by atoms with Crippen LogP contribution in [0.1, 0.15) is 33.9 Å². The summed E-state index contributed by atoms with van der Waals surface area (Å²) in [4.78, 5) is 18.9. The fourth-order valence-corrected chi connectivity index (χ4v) is 1.21. The van der Waals surface area contributed by atoms with Gasteiger partial charge in [-0.25, -0.2) is 4.79 Å². The summed E-state index contributed by atoms with van der Waals surface area (Å²) in [5.74, 6) is -2.59. The first kappa shape index (κ1) is 27.0. The Morgan fingerprint density at radius 1 is 1.22 bits per heavy atom. The molecule has 0 saturated heterocycles. The van der Waals surface area contributed by atoms with Crippen molar-refractivity contribution in [1.82, 2.24) is 5.32 Å². The molecule has 23 heavy (non-hydrogen) atoms. The van der Waals surface area contributed by atoms with E-state index in [0.29, 0.717) is 18.2 Å². The van der Waals surface area contributed by atoms with E-state index in [1.165, 1.54) is 12.1 Å². The fraction of sp³-hybridized carbons (Fsp3) is 0.429. The third-order valence-electron chi connectivity index (χ3n) is 2.40. The number of carbonyl (C=O) groups is 2. The molecule has 7 nitrogen and oxygen atoms in total. The number of nitrogens with one attached hydrogen (secondary N) is 1. The first-order valence-corrected chi connectivity index (χ1v) is 6.32. The van der Waals surface area contributed by atoms with E-state index >= 15 is 0 Å². The summed E-state index contributed by atoms with van der Waals surface area (Å²) in [5.41, 5.74) is 0.582. The Balaban J connectivity index is -0.000000194. The van der Waals surface area contributed by atoms with Gasteiger partial charge in [-0.1, -0.05) is 19.9 Å². The van der Waals surface area contributed by atoms with Crippen LogP contribution in [0.5, 0.6) is 11.5 Å². The number of aliphatic carboxylic acids is 1. The van der Waals surface area contributed by atoms with Gasteiger partial charge in [-0.05, 0) is 17.7 Å². The van der Waals surface area contributed by atoms with E-state index in [2.05, 4.69) is 5.32 Å². The first-order chi connectivity index (χ1) is 9.65. The molecule has 0 spiro atoms. The van der Waals surface area contributed by atoms with Crippen molar-refractivity contribution in [1.29, 1.82) is 0 Å². The standard InChI is InChI=1S/C11H17NO3.C3H4O3.ClH.Na.H/c1-7(2)12-6-11(15)8-3-4-9(13)10(14)5-8;1-2(4)3(5)6;;;/h3-5,7,11-15H,6H2,1-2H3;1H3,(H,5,6);1H;;/q;;;+1;-1. The molecular formula is C14H23ClNNaO6. The van der Waals surface area contributed by atoms with Gasteiger partial charge in [-0.3, -0.25) is 4.79 Å². The number of benzene rings is 1. The molecule has 0 bridgehead atoms. The number of hydrogen-bond donors (Lipinski definition) is 5. The average Bonchev–Trinajstić information content (AvgIpc) is 2.39. The molecule has 9 heteroatoms. The Morgan fingerprint density at radius 2 is 1.70 bits per heavy atom. The zero-order valence-corrected chi connectivity index (χ0v) is 16.4. The molecule has 128 valence electrons. The third-order valence-corrected chi connectivity index (χ3v) is 2.40. The van der Waals surface area contributed by atoms with Gasteiger partial charge in [0.25, 0.3) is 0 Å². The van der Waals surface area contributed by atoms with E-state index in [1.807, 2.05) is 13.8 Å². The van der Waals surface area contributed by atoms with Crippen molar-refractivity contribution >= 4 is 24.2 Å². The molecule has 0 aliphatic carbocycles. The van der Waals surface area contributed by atoms with Crippen LogP contribution in [0.4, 0.5) is 0 Å². The molecule has 1 atom stereocenters. The maximum atomic E-state index is 9.73. The number of rotatable bonds is 5. The van der Waals surface area contributed by atoms with Crippen LogP contribution in [0.25, 0.3) is 0 Å². The number of carboxylic acids is 1. The van der Waals surface area contributed by atoms with E-state index in [9.17, 15) is 19.8 Å². The minimum absolute atomic E-state index is 0. The number of aliphatic hydroxyl groups excluding tert-OH is 1. The topological polar surface area (TPSA) is 127 Å². The largest absolute Gasteiger partial charge is 1.00 e. The maximum absolute atomic E-state index is 9.73. The minimum Gasteiger partial charge on any atom is -1.00 e. The number of phenols is 2. The van der Waals surface area contributed by atoms with E-state index < -0.39 is 17.9 Å². The third kappa shape index (κ3) is 12.3. The zero-order chi connectivity index (χ0) is 16.6. The summed E-state index contributed by atoms with van der Waals surface area (Å²) in [7, 11) is 0. The Labute approximate surface area is 164 Å². The quantitative estimate of drug-likeness (QED) is 0.241. The fourth-order valence-electron chi connectivity index (χ4n) is 1.21. The van der Waals surface area contributed by atoms with Crippen LogP contribution in [0.3, 0.4) is 0 Å². The van der Waals surface area contributed by atoms with Crippen LogP contribution >= 0.6 is 12.4 Å².